The Morgan fingerprint density at radius 1 is 1.14 bits per heavy atom. The number of halogens is 1. The average Bonchev–Trinajstić information content (AvgIpc) is 2.60. The number of rotatable bonds is 5. The molecular weight excluding hydrogens is 397 g/mol. The third-order valence-electron chi connectivity index (χ3n) is 3.97. The molecule has 160 valence electrons. The van der Waals surface area contributed by atoms with Crippen molar-refractivity contribution in [3.63, 3.8) is 0 Å². The number of nitrogens with zero attached hydrogens (tertiary/aromatic N) is 1. The molecule has 1 aliphatic rings. The summed E-state index contributed by atoms with van der Waals surface area (Å²) >= 11 is 0. The summed E-state index contributed by atoms with van der Waals surface area (Å²) < 4.78 is 35.2. The van der Waals surface area contributed by atoms with Crippen molar-refractivity contribution in [3.05, 3.63) is 32.9 Å². The number of esters is 3. The number of hydrogen-bond donors (Lipinski definition) is 2. The van der Waals surface area contributed by atoms with Gasteiger partial charge in [0.2, 0.25) is 5.82 Å². The number of nitrogens with two attached hydrogens (primary N) is 1. The van der Waals surface area contributed by atoms with Crippen molar-refractivity contribution in [2.24, 2.45) is 5.73 Å². The van der Waals surface area contributed by atoms with E-state index in [1.807, 2.05) is 0 Å². The highest BCUT2D eigenvalue weighted by atomic mass is 19.1. The molecule has 1 fully saturated rings. The van der Waals surface area contributed by atoms with E-state index >= 15 is 0 Å². The first-order valence-corrected chi connectivity index (χ1v) is 8.41. The molecular formula is C16H20FN3O9. The number of H-pyrrole nitrogens is 1. The summed E-state index contributed by atoms with van der Waals surface area (Å²) in [5.41, 5.74) is 3.77. The molecule has 13 heteroatoms. The Morgan fingerprint density at radius 2 is 1.72 bits per heavy atom. The molecule has 0 radical (unpaired) electrons. The van der Waals surface area contributed by atoms with Gasteiger partial charge in [-0.3, -0.25) is 28.7 Å². The largest absolute Gasteiger partial charge is 0.463 e. The van der Waals surface area contributed by atoms with Crippen LogP contribution in [-0.4, -0.2) is 58.4 Å². The van der Waals surface area contributed by atoms with E-state index in [0.29, 0.717) is 10.8 Å². The fourth-order valence-corrected chi connectivity index (χ4v) is 2.85. The molecule has 0 aromatic carbocycles. The average molecular weight is 417 g/mol. The van der Waals surface area contributed by atoms with Crippen LogP contribution in [0.2, 0.25) is 0 Å². The molecule has 2 heterocycles. The highest BCUT2D eigenvalue weighted by molar-refractivity contribution is 5.67. The second-order valence-corrected chi connectivity index (χ2v) is 6.24. The zero-order chi connectivity index (χ0) is 21.9. The third-order valence-corrected chi connectivity index (χ3v) is 3.97. The lowest BCUT2D eigenvalue weighted by molar-refractivity contribution is -0.234. The van der Waals surface area contributed by atoms with Gasteiger partial charge < -0.3 is 24.7 Å². The number of ether oxygens (including phenoxy) is 4. The zero-order valence-electron chi connectivity index (χ0n) is 15.7. The van der Waals surface area contributed by atoms with E-state index in [9.17, 15) is 28.4 Å². The van der Waals surface area contributed by atoms with Crippen LogP contribution in [0.3, 0.4) is 0 Å². The maximum Gasteiger partial charge on any atom is 0.330 e. The molecule has 12 nitrogen and oxygen atoms in total. The summed E-state index contributed by atoms with van der Waals surface area (Å²) in [4.78, 5) is 59.4. The predicted octanol–water partition coefficient (Wildman–Crippen LogP) is -1.67. The van der Waals surface area contributed by atoms with Gasteiger partial charge in [0.25, 0.3) is 5.56 Å². The highest BCUT2D eigenvalue weighted by Crippen LogP contribution is 2.30. The van der Waals surface area contributed by atoms with Crippen molar-refractivity contribution in [3.8, 4) is 0 Å². The summed E-state index contributed by atoms with van der Waals surface area (Å²) in [6.07, 6.45) is -4.72. The molecule has 0 amide bonds. The van der Waals surface area contributed by atoms with Crippen molar-refractivity contribution in [2.45, 2.75) is 51.4 Å². The van der Waals surface area contributed by atoms with E-state index in [1.165, 1.54) is 0 Å². The van der Waals surface area contributed by atoms with Gasteiger partial charge in [-0.2, -0.15) is 4.39 Å². The number of nitrogens with one attached hydrogen (secondary N) is 1. The molecule has 1 saturated heterocycles. The van der Waals surface area contributed by atoms with Crippen LogP contribution in [-0.2, 0) is 33.3 Å². The summed E-state index contributed by atoms with van der Waals surface area (Å²) in [7, 11) is 0. The first-order chi connectivity index (χ1) is 13.5. The molecule has 1 aliphatic heterocycles. The molecule has 1 aromatic rings. The van der Waals surface area contributed by atoms with Gasteiger partial charge >= 0.3 is 23.6 Å². The first kappa shape index (κ1) is 22.2. The predicted molar refractivity (Wildman–Crippen MR) is 90.9 cm³/mol. The number of hydrogen-bond acceptors (Lipinski definition) is 10. The summed E-state index contributed by atoms with van der Waals surface area (Å²) in [5, 5.41) is 0. The summed E-state index contributed by atoms with van der Waals surface area (Å²) in [5.74, 6) is -3.52. The lowest BCUT2D eigenvalue weighted by Gasteiger charge is -2.44. The van der Waals surface area contributed by atoms with Crippen LogP contribution in [0.25, 0.3) is 0 Å². The monoisotopic (exact) mass is 417 g/mol. The van der Waals surface area contributed by atoms with Crippen molar-refractivity contribution in [2.75, 3.05) is 6.61 Å². The standard InChI is InChI=1S/C16H20FN3O9/c1-6(21)26-5-10-12(27-7(2)22)13(28-8(3)23)11(18)15(29-10)20-4-9(17)14(24)19-16(20)25/h4,10-13,15H,5,18H2,1-3H3,(H,19,24,25)/t10-,11+,12-,13-,15-/m1/s1. The number of carbonyl (C=O) groups is 3. The van der Waals surface area contributed by atoms with Gasteiger partial charge in [0.1, 0.15) is 12.7 Å². The molecule has 2 rings (SSSR count). The second kappa shape index (κ2) is 8.96. The molecule has 1 aromatic heterocycles. The van der Waals surface area contributed by atoms with Crippen LogP contribution in [0.15, 0.2) is 15.8 Å². The van der Waals surface area contributed by atoms with Crippen molar-refractivity contribution in [1.29, 1.82) is 0 Å². The lowest BCUT2D eigenvalue weighted by atomic mass is 9.96. The Bertz CT molecular complexity index is 912. The fraction of sp³-hybridized carbons (Fsp3) is 0.562. The number of carbonyl (C=O) groups excluding carboxylic acids is 3. The molecule has 3 N–H and O–H groups in total. The van der Waals surface area contributed by atoms with Crippen molar-refractivity contribution >= 4 is 17.9 Å². The molecule has 0 aliphatic carbocycles. The normalized spacial score (nSPS) is 26.4. The molecule has 0 bridgehead atoms. The fourth-order valence-electron chi connectivity index (χ4n) is 2.85. The maximum atomic E-state index is 13.7. The Balaban J connectivity index is 2.51. The van der Waals surface area contributed by atoms with Crippen molar-refractivity contribution in [1.82, 2.24) is 9.55 Å². The minimum absolute atomic E-state index is 0.450. The van der Waals surface area contributed by atoms with Gasteiger partial charge in [0.05, 0.1) is 12.2 Å². The van der Waals surface area contributed by atoms with Crippen LogP contribution < -0.4 is 17.0 Å². The van der Waals surface area contributed by atoms with Crippen LogP contribution in [0, 0.1) is 5.82 Å². The Morgan fingerprint density at radius 3 is 2.28 bits per heavy atom. The van der Waals surface area contributed by atoms with Gasteiger partial charge in [-0.05, 0) is 0 Å². The Hall–Kier alpha value is -3.06. The van der Waals surface area contributed by atoms with E-state index < -0.39 is 72.2 Å². The Kier molecular flexibility index (Phi) is 6.87. The first-order valence-electron chi connectivity index (χ1n) is 8.41. The topological polar surface area (TPSA) is 169 Å². The van der Waals surface area contributed by atoms with Crippen LogP contribution in [0.1, 0.15) is 27.0 Å². The van der Waals surface area contributed by atoms with Gasteiger partial charge in [-0.1, -0.05) is 0 Å². The minimum atomic E-state index is -1.45. The molecule has 5 atom stereocenters. The highest BCUT2D eigenvalue weighted by Gasteiger charge is 2.49. The molecule has 0 saturated carbocycles. The molecule has 0 unspecified atom stereocenters. The van der Waals surface area contributed by atoms with Gasteiger partial charge in [-0.25, -0.2) is 4.79 Å². The van der Waals surface area contributed by atoms with E-state index in [-0.39, 0.29) is 0 Å². The number of aromatic amines is 1. The summed E-state index contributed by atoms with van der Waals surface area (Å²) in [6.45, 7) is 2.84. The molecule has 0 spiro atoms. The van der Waals surface area contributed by atoms with E-state index in [0.717, 1.165) is 20.8 Å². The van der Waals surface area contributed by atoms with E-state index in [2.05, 4.69) is 0 Å². The summed E-state index contributed by atoms with van der Waals surface area (Å²) in [6, 6.07) is -1.32. The second-order valence-electron chi connectivity index (χ2n) is 6.24. The van der Waals surface area contributed by atoms with Gasteiger partial charge in [0, 0.05) is 20.8 Å². The third kappa shape index (κ3) is 5.26. The number of aromatic nitrogens is 2. The molecule has 29 heavy (non-hydrogen) atoms. The van der Waals surface area contributed by atoms with Crippen molar-refractivity contribution < 1.29 is 37.7 Å². The van der Waals surface area contributed by atoms with E-state index in [1.54, 1.807) is 4.98 Å². The van der Waals surface area contributed by atoms with Crippen LogP contribution in [0.4, 0.5) is 4.39 Å². The minimum Gasteiger partial charge on any atom is -0.463 e. The SMILES string of the molecule is CC(=O)OC[C@H]1O[C@@H](n2cc(F)c(=O)[nH]c2=O)[C@@H](N)[C@@H](OC(C)=O)[C@@H]1OC(C)=O. The lowest BCUT2D eigenvalue weighted by Crippen LogP contribution is -2.63. The van der Waals surface area contributed by atoms with Gasteiger partial charge in [0.15, 0.2) is 18.4 Å². The van der Waals surface area contributed by atoms with Crippen LogP contribution >= 0.6 is 0 Å². The smallest absolute Gasteiger partial charge is 0.330 e. The van der Waals surface area contributed by atoms with Gasteiger partial charge in [-0.15, -0.1) is 0 Å². The van der Waals surface area contributed by atoms with Crippen LogP contribution in [0.5, 0.6) is 0 Å². The maximum absolute atomic E-state index is 13.7. The Labute approximate surface area is 162 Å². The quantitative estimate of drug-likeness (QED) is 0.417. The van der Waals surface area contributed by atoms with E-state index in [4.69, 9.17) is 24.7 Å². The zero-order valence-corrected chi connectivity index (χ0v) is 15.7.